The molecule has 0 aliphatic heterocycles. The van der Waals surface area contributed by atoms with Crippen LogP contribution in [0, 0.1) is 12.7 Å². The number of anilines is 1. The lowest BCUT2D eigenvalue weighted by molar-refractivity contribution is -0.141. The molecular formula is C21H20ClF4N5O. The number of halogens is 5. The molecule has 32 heavy (non-hydrogen) atoms. The lowest BCUT2D eigenvalue weighted by Gasteiger charge is -2.07. The van der Waals surface area contributed by atoms with Crippen molar-refractivity contribution in [3.8, 4) is 0 Å². The maximum atomic E-state index is 13.2. The standard InChI is InChI=1S/C21H20ClF4N5O/c1-12-8-19(29-31(12)11-14-4-5-15(23)9-16(14)22)27-20(32)6-7-30-17(13-2-3-13)10-18(28-30)21(24,25)26/h4-5,8-10,13H,2-3,6-7,11H2,1H3,(H,27,29,32). The number of hydrogen-bond donors (Lipinski definition) is 1. The molecule has 1 N–H and O–H groups in total. The molecule has 4 rings (SSSR count). The molecule has 0 saturated heterocycles. The van der Waals surface area contributed by atoms with E-state index in [1.165, 1.54) is 16.8 Å². The van der Waals surface area contributed by atoms with Crippen LogP contribution in [-0.4, -0.2) is 25.5 Å². The summed E-state index contributed by atoms with van der Waals surface area (Å²) in [5.74, 6) is -0.448. The number of aryl methyl sites for hydroxylation is 2. The van der Waals surface area contributed by atoms with Crippen LogP contribution in [0.4, 0.5) is 23.4 Å². The Kier molecular flexibility index (Phi) is 5.98. The van der Waals surface area contributed by atoms with Gasteiger partial charge in [-0.2, -0.15) is 23.4 Å². The number of carbonyl (C=O) groups is 1. The van der Waals surface area contributed by atoms with Crippen LogP contribution in [0.15, 0.2) is 30.3 Å². The van der Waals surface area contributed by atoms with E-state index in [2.05, 4.69) is 15.5 Å². The van der Waals surface area contributed by atoms with E-state index in [0.717, 1.165) is 24.6 Å². The average molecular weight is 470 g/mol. The van der Waals surface area contributed by atoms with Crippen molar-refractivity contribution in [1.82, 2.24) is 19.6 Å². The number of alkyl halides is 3. The highest BCUT2D eigenvalue weighted by Gasteiger charge is 2.37. The summed E-state index contributed by atoms with van der Waals surface area (Å²) in [6, 6.07) is 6.82. The molecule has 0 bridgehead atoms. The van der Waals surface area contributed by atoms with Crippen molar-refractivity contribution < 1.29 is 22.4 Å². The summed E-state index contributed by atoms with van der Waals surface area (Å²) >= 11 is 6.06. The monoisotopic (exact) mass is 469 g/mol. The van der Waals surface area contributed by atoms with Crippen molar-refractivity contribution in [1.29, 1.82) is 0 Å². The maximum Gasteiger partial charge on any atom is 0.435 e. The third kappa shape index (κ3) is 5.12. The van der Waals surface area contributed by atoms with Gasteiger partial charge in [0.1, 0.15) is 5.82 Å². The minimum absolute atomic E-state index is 0.0403. The minimum atomic E-state index is -4.52. The van der Waals surface area contributed by atoms with Crippen molar-refractivity contribution in [3.05, 3.63) is 63.8 Å². The normalized spacial score (nSPS) is 14.1. The lowest BCUT2D eigenvalue weighted by atomic mass is 10.2. The number of aromatic nitrogens is 4. The van der Waals surface area contributed by atoms with E-state index >= 15 is 0 Å². The molecule has 1 aliphatic carbocycles. The first-order valence-electron chi connectivity index (χ1n) is 10.0. The zero-order chi connectivity index (χ0) is 23.0. The molecule has 11 heteroatoms. The first-order valence-corrected chi connectivity index (χ1v) is 10.4. The molecule has 1 aromatic carbocycles. The Morgan fingerprint density at radius 2 is 1.94 bits per heavy atom. The molecular weight excluding hydrogens is 450 g/mol. The molecule has 1 fully saturated rings. The van der Waals surface area contributed by atoms with Crippen molar-refractivity contribution in [2.24, 2.45) is 0 Å². The molecule has 170 valence electrons. The highest BCUT2D eigenvalue weighted by molar-refractivity contribution is 6.31. The molecule has 0 spiro atoms. The second-order valence-electron chi connectivity index (χ2n) is 7.81. The topological polar surface area (TPSA) is 64.7 Å². The van der Waals surface area contributed by atoms with Crippen LogP contribution in [-0.2, 0) is 24.1 Å². The van der Waals surface area contributed by atoms with E-state index < -0.39 is 17.7 Å². The van der Waals surface area contributed by atoms with Gasteiger partial charge < -0.3 is 5.32 Å². The van der Waals surface area contributed by atoms with Gasteiger partial charge in [-0.3, -0.25) is 14.2 Å². The van der Waals surface area contributed by atoms with Gasteiger partial charge in [-0.25, -0.2) is 4.39 Å². The Labute approximate surface area is 186 Å². The molecule has 1 saturated carbocycles. The van der Waals surface area contributed by atoms with E-state index in [-0.39, 0.29) is 29.8 Å². The van der Waals surface area contributed by atoms with Crippen LogP contribution in [0.25, 0.3) is 0 Å². The summed E-state index contributed by atoms with van der Waals surface area (Å²) in [6.45, 7) is 2.13. The molecule has 2 aromatic heterocycles. The molecule has 3 aromatic rings. The van der Waals surface area contributed by atoms with Gasteiger partial charge in [0.25, 0.3) is 0 Å². The Balaban J connectivity index is 1.39. The van der Waals surface area contributed by atoms with Gasteiger partial charge in [-0.05, 0) is 43.5 Å². The number of hydrogen-bond acceptors (Lipinski definition) is 3. The Morgan fingerprint density at radius 1 is 1.19 bits per heavy atom. The third-order valence-electron chi connectivity index (χ3n) is 5.23. The number of benzene rings is 1. The van der Waals surface area contributed by atoms with Gasteiger partial charge in [0.05, 0.1) is 6.54 Å². The van der Waals surface area contributed by atoms with Crippen LogP contribution in [0.1, 0.15) is 47.8 Å². The Morgan fingerprint density at radius 3 is 2.59 bits per heavy atom. The predicted molar refractivity (Wildman–Crippen MR) is 110 cm³/mol. The van der Waals surface area contributed by atoms with Crippen LogP contribution in [0.3, 0.4) is 0 Å². The second-order valence-corrected chi connectivity index (χ2v) is 8.22. The third-order valence-corrected chi connectivity index (χ3v) is 5.58. The molecule has 0 atom stereocenters. The van der Waals surface area contributed by atoms with E-state index in [1.54, 1.807) is 23.7 Å². The van der Waals surface area contributed by atoms with Gasteiger partial charge in [0.2, 0.25) is 5.91 Å². The van der Waals surface area contributed by atoms with Crippen LogP contribution in [0.2, 0.25) is 5.02 Å². The SMILES string of the molecule is Cc1cc(NC(=O)CCn2nc(C(F)(F)F)cc2C2CC2)nn1Cc1ccc(F)cc1Cl. The second kappa shape index (κ2) is 8.57. The number of amides is 1. The van der Waals surface area contributed by atoms with E-state index in [1.807, 2.05) is 0 Å². The van der Waals surface area contributed by atoms with Gasteiger partial charge in [-0.1, -0.05) is 17.7 Å². The predicted octanol–water partition coefficient (Wildman–Crippen LogP) is 5.15. The van der Waals surface area contributed by atoms with Crippen molar-refractivity contribution >= 4 is 23.3 Å². The summed E-state index contributed by atoms with van der Waals surface area (Å²) < 4.78 is 55.1. The van der Waals surface area contributed by atoms with E-state index in [9.17, 15) is 22.4 Å². The number of carbonyl (C=O) groups excluding carboxylic acids is 1. The van der Waals surface area contributed by atoms with E-state index in [0.29, 0.717) is 23.6 Å². The smallest absolute Gasteiger partial charge is 0.309 e. The van der Waals surface area contributed by atoms with Gasteiger partial charge in [0.15, 0.2) is 11.5 Å². The molecule has 1 amide bonds. The largest absolute Gasteiger partial charge is 0.435 e. The number of rotatable bonds is 7. The first kappa shape index (κ1) is 22.3. The number of nitrogens with zero attached hydrogens (tertiary/aromatic N) is 4. The van der Waals surface area contributed by atoms with Crippen LogP contribution >= 0.6 is 11.6 Å². The molecule has 2 heterocycles. The molecule has 0 unspecified atom stereocenters. The zero-order valence-corrected chi connectivity index (χ0v) is 17.8. The fourth-order valence-corrected chi connectivity index (χ4v) is 3.64. The molecule has 0 radical (unpaired) electrons. The average Bonchev–Trinajstić information content (AvgIpc) is 3.35. The van der Waals surface area contributed by atoms with E-state index in [4.69, 9.17) is 11.6 Å². The quantitative estimate of drug-likeness (QED) is 0.486. The summed E-state index contributed by atoms with van der Waals surface area (Å²) in [5.41, 5.74) is 0.998. The van der Waals surface area contributed by atoms with Crippen LogP contribution < -0.4 is 5.32 Å². The number of nitrogens with one attached hydrogen (secondary N) is 1. The lowest BCUT2D eigenvalue weighted by Crippen LogP contribution is -2.17. The summed E-state index contributed by atoms with van der Waals surface area (Å²) in [4.78, 5) is 12.4. The molecule has 6 nitrogen and oxygen atoms in total. The van der Waals surface area contributed by atoms with Crippen LogP contribution in [0.5, 0.6) is 0 Å². The van der Waals surface area contributed by atoms with Gasteiger partial charge >= 0.3 is 6.18 Å². The maximum absolute atomic E-state index is 13.2. The first-order chi connectivity index (χ1) is 15.1. The summed E-state index contributed by atoms with van der Waals surface area (Å²) in [7, 11) is 0. The fourth-order valence-electron chi connectivity index (χ4n) is 3.41. The Bertz CT molecular complexity index is 1150. The summed E-state index contributed by atoms with van der Waals surface area (Å²) in [6.07, 6.45) is -2.92. The van der Waals surface area contributed by atoms with Crippen molar-refractivity contribution in [3.63, 3.8) is 0 Å². The highest BCUT2D eigenvalue weighted by Crippen LogP contribution is 2.42. The minimum Gasteiger partial charge on any atom is -0.309 e. The Hall–Kier alpha value is -2.88. The van der Waals surface area contributed by atoms with Crippen molar-refractivity contribution in [2.45, 2.75) is 51.4 Å². The van der Waals surface area contributed by atoms with Gasteiger partial charge in [0, 0.05) is 41.4 Å². The fraction of sp³-hybridized carbons (Fsp3) is 0.381. The summed E-state index contributed by atoms with van der Waals surface area (Å²) in [5, 5.41) is 10.9. The van der Waals surface area contributed by atoms with Gasteiger partial charge in [-0.15, -0.1) is 0 Å². The molecule has 1 aliphatic rings. The van der Waals surface area contributed by atoms with Crippen molar-refractivity contribution in [2.75, 3.05) is 5.32 Å². The zero-order valence-electron chi connectivity index (χ0n) is 17.1. The highest BCUT2D eigenvalue weighted by atomic mass is 35.5.